The van der Waals surface area contributed by atoms with Gasteiger partial charge in [0.05, 0.1) is 13.2 Å². The molecule has 0 aliphatic carbocycles. The Labute approximate surface area is 165 Å². The maximum Gasteiger partial charge on any atom is 0.258 e. The van der Waals surface area contributed by atoms with Gasteiger partial charge >= 0.3 is 0 Å². The summed E-state index contributed by atoms with van der Waals surface area (Å²) < 4.78 is 10.7. The van der Waals surface area contributed by atoms with Crippen LogP contribution in [0, 0.1) is 0 Å². The van der Waals surface area contributed by atoms with Crippen LogP contribution in [0.4, 0.5) is 0 Å². The summed E-state index contributed by atoms with van der Waals surface area (Å²) >= 11 is 1.76. The molecular weight excluding hydrogens is 360 g/mol. The van der Waals surface area contributed by atoms with Crippen molar-refractivity contribution < 1.29 is 14.3 Å². The number of ether oxygens (including phenoxy) is 2. The number of methoxy groups -OCH3 is 1. The number of nitrogens with zero attached hydrogens (tertiary/aromatic N) is 1. The van der Waals surface area contributed by atoms with E-state index in [1.807, 2.05) is 12.1 Å². The van der Waals surface area contributed by atoms with Crippen LogP contribution >= 0.6 is 11.3 Å². The Kier molecular flexibility index (Phi) is 7.54. The van der Waals surface area contributed by atoms with Crippen molar-refractivity contribution in [3.05, 3.63) is 46.7 Å². The minimum Gasteiger partial charge on any atom is -0.497 e. The van der Waals surface area contributed by atoms with E-state index in [-0.39, 0.29) is 18.6 Å². The lowest BCUT2D eigenvalue weighted by molar-refractivity contribution is -0.123. The largest absolute Gasteiger partial charge is 0.497 e. The van der Waals surface area contributed by atoms with Gasteiger partial charge in [0.25, 0.3) is 5.91 Å². The zero-order valence-electron chi connectivity index (χ0n) is 15.9. The summed E-state index contributed by atoms with van der Waals surface area (Å²) in [4.78, 5) is 16.1. The average Bonchev–Trinajstić information content (AvgIpc) is 3.10. The van der Waals surface area contributed by atoms with Crippen LogP contribution < -0.4 is 14.8 Å². The standard InChI is InChI=1S/C21H28N2O3S/c1-25-17-8-10-18(11-9-17)26-16-21(24)22-15-19(20-7-6-14-27-20)23-12-4-2-3-5-13-23/h6-11,14,19H,2-5,12-13,15-16H2,1H3,(H,22,24)/t19-/m1/s1. The van der Waals surface area contributed by atoms with Crippen LogP contribution in [-0.4, -0.2) is 44.2 Å². The zero-order chi connectivity index (χ0) is 18.9. The van der Waals surface area contributed by atoms with E-state index in [9.17, 15) is 4.79 Å². The van der Waals surface area contributed by atoms with E-state index in [4.69, 9.17) is 9.47 Å². The highest BCUT2D eigenvalue weighted by Crippen LogP contribution is 2.27. The summed E-state index contributed by atoms with van der Waals surface area (Å²) in [7, 11) is 1.62. The molecular formula is C21H28N2O3S. The molecule has 0 unspecified atom stereocenters. The topological polar surface area (TPSA) is 50.8 Å². The van der Waals surface area contributed by atoms with Gasteiger partial charge < -0.3 is 14.8 Å². The maximum atomic E-state index is 12.3. The Morgan fingerprint density at radius 3 is 2.44 bits per heavy atom. The minimum absolute atomic E-state index is 0.0174. The van der Waals surface area contributed by atoms with E-state index in [0.717, 1.165) is 18.8 Å². The molecule has 1 amide bonds. The van der Waals surface area contributed by atoms with E-state index < -0.39 is 0 Å². The van der Waals surface area contributed by atoms with Crippen molar-refractivity contribution >= 4 is 17.2 Å². The summed E-state index contributed by atoms with van der Waals surface area (Å²) in [6.45, 7) is 2.83. The van der Waals surface area contributed by atoms with Gasteiger partial charge in [0, 0.05) is 11.4 Å². The molecule has 1 aromatic carbocycles. The fourth-order valence-electron chi connectivity index (χ4n) is 3.38. The number of thiophene rings is 1. The van der Waals surface area contributed by atoms with E-state index in [1.54, 1.807) is 30.6 Å². The van der Waals surface area contributed by atoms with Crippen LogP contribution in [0.15, 0.2) is 41.8 Å². The normalized spacial score (nSPS) is 16.3. The Bertz CT molecular complexity index is 680. The molecule has 2 aromatic rings. The summed E-state index contributed by atoms with van der Waals surface area (Å²) in [6, 6.07) is 11.7. The number of hydrogen-bond acceptors (Lipinski definition) is 5. The van der Waals surface area contributed by atoms with E-state index in [1.165, 1.54) is 30.6 Å². The summed E-state index contributed by atoms with van der Waals surface area (Å²) in [5.74, 6) is 1.33. The summed E-state index contributed by atoms with van der Waals surface area (Å²) in [6.07, 6.45) is 5.07. The van der Waals surface area contributed by atoms with E-state index in [0.29, 0.717) is 12.3 Å². The van der Waals surface area contributed by atoms with Crippen molar-refractivity contribution in [3.8, 4) is 11.5 Å². The van der Waals surface area contributed by atoms with Crippen molar-refractivity contribution in [1.82, 2.24) is 10.2 Å². The first-order valence-electron chi connectivity index (χ1n) is 9.57. The van der Waals surface area contributed by atoms with Gasteiger partial charge in [0.1, 0.15) is 11.5 Å². The second-order valence-corrected chi connectivity index (χ2v) is 7.73. The van der Waals surface area contributed by atoms with E-state index in [2.05, 4.69) is 27.7 Å². The van der Waals surface area contributed by atoms with Gasteiger partial charge in [-0.3, -0.25) is 9.69 Å². The minimum atomic E-state index is -0.0952. The van der Waals surface area contributed by atoms with Crippen molar-refractivity contribution in [2.24, 2.45) is 0 Å². The molecule has 0 radical (unpaired) electrons. The molecule has 3 rings (SSSR count). The highest BCUT2D eigenvalue weighted by Gasteiger charge is 2.23. The monoisotopic (exact) mass is 388 g/mol. The maximum absolute atomic E-state index is 12.3. The van der Waals surface area contributed by atoms with Gasteiger partial charge in [-0.1, -0.05) is 18.9 Å². The third-order valence-corrected chi connectivity index (χ3v) is 5.85. The Morgan fingerprint density at radius 1 is 1.11 bits per heavy atom. The first-order valence-corrected chi connectivity index (χ1v) is 10.5. The molecule has 27 heavy (non-hydrogen) atoms. The lowest BCUT2D eigenvalue weighted by atomic mass is 10.2. The predicted octanol–water partition coefficient (Wildman–Crippen LogP) is 3.87. The number of rotatable bonds is 8. The van der Waals surface area contributed by atoms with Crippen LogP contribution in [-0.2, 0) is 4.79 Å². The Morgan fingerprint density at radius 2 is 1.81 bits per heavy atom. The summed E-state index contributed by atoms with van der Waals surface area (Å²) in [5.41, 5.74) is 0. The smallest absolute Gasteiger partial charge is 0.258 e. The summed E-state index contributed by atoms with van der Waals surface area (Å²) in [5, 5.41) is 5.16. The van der Waals surface area contributed by atoms with Gasteiger partial charge in [-0.25, -0.2) is 0 Å². The number of benzene rings is 1. The molecule has 2 heterocycles. The fraction of sp³-hybridized carbons (Fsp3) is 0.476. The van der Waals surface area contributed by atoms with Gasteiger partial charge in [0.2, 0.25) is 0 Å². The molecule has 0 spiro atoms. The third-order valence-electron chi connectivity index (χ3n) is 4.87. The fourth-order valence-corrected chi connectivity index (χ4v) is 4.24. The van der Waals surface area contributed by atoms with Gasteiger partial charge in [-0.05, 0) is 61.6 Å². The Balaban J connectivity index is 1.52. The molecule has 1 atom stereocenters. The molecule has 146 valence electrons. The Hall–Kier alpha value is -2.05. The molecule has 1 saturated heterocycles. The van der Waals surface area contributed by atoms with Crippen LogP contribution in [0.25, 0.3) is 0 Å². The number of amides is 1. The molecule has 1 aromatic heterocycles. The number of carbonyl (C=O) groups is 1. The van der Waals surface area contributed by atoms with Crippen molar-refractivity contribution in [3.63, 3.8) is 0 Å². The molecule has 0 saturated carbocycles. The van der Waals surface area contributed by atoms with Crippen molar-refractivity contribution in [1.29, 1.82) is 0 Å². The molecule has 1 aliphatic heterocycles. The highest BCUT2D eigenvalue weighted by molar-refractivity contribution is 7.10. The number of likely N-dealkylation sites (tertiary alicyclic amines) is 1. The van der Waals surface area contributed by atoms with Crippen LogP contribution in [0.5, 0.6) is 11.5 Å². The molecule has 0 bridgehead atoms. The lowest BCUT2D eigenvalue weighted by Gasteiger charge is -2.30. The highest BCUT2D eigenvalue weighted by atomic mass is 32.1. The van der Waals surface area contributed by atoms with Crippen molar-refractivity contribution in [2.75, 3.05) is 33.4 Å². The quantitative estimate of drug-likeness (QED) is 0.746. The van der Waals surface area contributed by atoms with Crippen LogP contribution in [0.2, 0.25) is 0 Å². The number of carbonyl (C=O) groups excluding carboxylic acids is 1. The number of hydrogen-bond donors (Lipinski definition) is 1. The van der Waals surface area contributed by atoms with E-state index >= 15 is 0 Å². The second-order valence-electron chi connectivity index (χ2n) is 6.75. The first kappa shape index (κ1) is 19.7. The number of nitrogens with one attached hydrogen (secondary N) is 1. The van der Waals surface area contributed by atoms with Gasteiger partial charge in [0.15, 0.2) is 6.61 Å². The van der Waals surface area contributed by atoms with Gasteiger partial charge in [-0.2, -0.15) is 0 Å². The van der Waals surface area contributed by atoms with Crippen molar-refractivity contribution in [2.45, 2.75) is 31.7 Å². The third kappa shape index (κ3) is 5.97. The zero-order valence-corrected chi connectivity index (χ0v) is 16.7. The van der Waals surface area contributed by atoms with Gasteiger partial charge in [-0.15, -0.1) is 11.3 Å². The molecule has 5 nitrogen and oxygen atoms in total. The molecule has 1 N–H and O–H groups in total. The SMILES string of the molecule is COc1ccc(OCC(=O)NC[C@H](c2cccs2)N2CCCCCC2)cc1. The predicted molar refractivity (Wildman–Crippen MR) is 109 cm³/mol. The first-order chi connectivity index (χ1) is 13.3. The average molecular weight is 389 g/mol. The lowest BCUT2D eigenvalue weighted by Crippen LogP contribution is -2.39. The molecule has 6 heteroatoms. The second kappa shape index (κ2) is 10.3. The van der Waals surface area contributed by atoms with Crippen LogP contribution in [0.3, 0.4) is 0 Å². The van der Waals surface area contributed by atoms with Crippen LogP contribution in [0.1, 0.15) is 36.6 Å². The molecule has 1 aliphatic rings. The molecule has 1 fully saturated rings.